The molecule has 2 saturated heterocycles. The fourth-order valence-corrected chi connectivity index (χ4v) is 5.49. The third-order valence-electron chi connectivity index (χ3n) is 8.38. The molecule has 1 amide bonds. The van der Waals surface area contributed by atoms with Crippen LogP contribution in [0.25, 0.3) is 11.0 Å². The van der Waals surface area contributed by atoms with Crippen molar-refractivity contribution in [3.8, 4) is 0 Å². The molecule has 2 aliphatic heterocycles. The number of carbonyl (C=O) groups is 1. The molecule has 0 bridgehead atoms. The lowest BCUT2D eigenvalue weighted by molar-refractivity contribution is -0.129. The van der Waals surface area contributed by atoms with Gasteiger partial charge in [0.1, 0.15) is 11.0 Å². The summed E-state index contributed by atoms with van der Waals surface area (Å²) >= 11 is 0. The highest BCUT2D eigenvalue weighted by Crippen LogP contribution is 2.34. The fraction of sp³-hybridized carbons (Fsp3) is 0.759. The maximum atomic E-state index is 12.9. The van der Waals surface area contributed by atoms with Gasteiger partial charge in [-0.1, -0.05) is 0 Å². The Bertz CT molecular complexity index is 1210. The first-order valence-corrected chi connectivity index (χ1v) is 15.4. The van der Waals surface area contributed by atoms with Crippen LogP contribution in [0.1, 0.15) is 26.7 Å². The second-order valence-electron chi connectivity index (χ2n) is 11.5. The summed E-state index contributed by atoms with van der Waals surface area (Å²) in [6.07, 6.45) is 1.64. The molecule has 0 saturated carbocycles. The molecule has 15 heteroatoms. The average molecular weight is 620 g/mol. The van der Waals surface area contributed by atoms with Crippen molar-refractivity contribution in [1.82, 2.24) is 24.8 Å². The molecule has 246 valence electrons. The normalized spacial score (nSPS) is 17.8. The molecule has 2 atom stereocenters. The smallest absolute Gasteiger partial charge is 0.241 e. The van der Waals surface area contributed by atoms with Crippen LogP contribution in [0.15, 0.2) is 0 Å². The van der Waals surface area contributed by atoms with Gasteiger partial charge in [-0.3, -0.25) is 4.79 Å². The number of aliphatic hydroxyl groups is 2. The van der Waals surface area contributed by atoms with Gasteiger partial charge in [-0.2, -0.15) is 9.97 Å². The minimum atomic E-state index is -0.138. The molecular formula is C29H49N9O6. The van der Waals surface area contributed by atoms with Gasteiger partial charge in [0.05, 0.1) is 38.1 Å². The van der Waals surface area contributed by atoms with Crippen LogP contribution in [-0.4, -0.2) is 160 Å². The van der Waals surface area contributed by atoms with E-state index in [2.05, 4.69) is 9.80 Å². The number of rotatable bonds is 15. The number of piperazine rings is 1. The van der Waals surface area contributed by atoms with E-state index in [1.807, 2.05) is 18.7 Å². The number of anilines is 4. The number of methoxy groups -OCH3 is 3. The number of nitrogens with zero attached hydrogens (tertiary/aromatic N) is 9. The van der Waals surface area contributed by atoms with Crippen LogP contribution in [0.2, 0.25) is 0 Å². The molecule has 2 aromatic heterocycles. The van der Waals surface area contributed by atoms with Crippen molar-refractivity contribution in [3.63, 3.8) is 0 Å². The van der Waals surface area contributed by atoms with Crippen molar-refractivity contribution in [1.29, 1.82) is 0 Å². The van der Waals surface area contributed by atoms with Gasteiger partial charge in [0.25, 0.3) is 0 Å². The van der Waals surface area contributed by atoms with Gasteiger partial charge < -0.3 is 48.9 Å². The molecule has 2 unspecified atom stereocenters. The molecule has 2 fully saturated rings. The van der Waals surface area contributed by atoms with E-state index in [1.54, 1.807) is 38.2 Å². The first kappa shape index (κ1) is 33.8. The summed E-state index contributed by atoms with van der Waals surface area (Å²) in [5.74, 6) is 1.99. The van der Waals surface area contributed by atoms with Crippen LogP contribution in [0.3, 0.4) is 0 Å². The number of aliphatic hydroxyl groups excluding tert-OH is 2. The van der Waals surface area contributed by atoms with Crippen LogP contribution in [0, 0.1) is 0 Å². The molecule has 15 nitrogen and oxygen atoms in total. The Morgan fingerprint density at radius 2 is 1.32 bits per heavy atom. The highest BCUT2D eigenvalue weighted by molar-refractivity contribution is 5.96. The molecule has 2 aromatic rings. The van der Waals surface area contributed by atoms with Gasteiger partial charge in [0.2, 0.25) is 17.8 Å². The van der Waals surface area contributed by atoms with E-state index in [-0.39, 0.29) is 57.1 Å². The van der Waals surface area contributed by atoms with E-state index in [0.29, 0.717) is 73.8 Å². The summed E-state index contributed by atoms with van der Waals surface area (Å²) in [4.78, 5) is 42.7. The predicted octanol–water partition coefficient (Wildman–Crippen LogP) is -0.0194. The number of aromatic nitrogens is 4. The van der Waals surface area contributed by atoms with Crippen molar-refractivity contribution in [2.75, 3.05) is 120 Å². The van der Waals surface area contributed by atoms with E-state index in [0.717, 1.165) is 12.8 Å². The van der Waals surface area contributed by atoms with Gasteiger partial charge in [-0.05, 0) is 26.7 Å². The molecule has 4 rings (SSSR count). The van der Waals surface area contributed by atoms with Gasteiger partial charge in [0.15, 0.2) is 11.6 Å². The molecule has 0 spiro atoms. The van der Waals surface area contributed by atoms with E-state index >= 15 is 0 Å². The Morgan fingerprint density at radius 3 is 1.80 bits per heavy atom. The van der Waals surface area contributed by atoms with Crippen molar-refractivity contribution < 1.29 is 29.2 Å². The summed E-state index contributed by atoms with van der Waals surface area (Å²) in [6.45, 7) is 7.91. The maximum Gasteiger partial charge on any atom is 0.241 e. The number of hydrogen-bond acceptors (Lipinski definition) is 14. The summed E-state index contributed by atoms with van der Waals surface area (Å²) < 4.78 is 16.9. The Balaban J connectivity index is 1.96. The first-order valence-electron chi connectivity index (χ1n) is 15.4. The molecule has 0 aromatic carbocycles. The Kier molecular flexibility index (Phi) is 12.1. The maximum absolute atomic E-state index is 12.9. The molecule has 2 aliphatic rings. The molecule has 4 heterocycles. The summed E-state index contributed by atoms with van der Waals surface area (Å²) in [6, 6.07) is 0. The van der Waals surface area contributed by atoms with E-state index in [9.17, 15) is 15.0 Å². The molecular weight excluding hydrogens is 570 g/mol. The highest BCUT2D eigenvalue weighted by atomic mass is 16.5. The third-order valence-corrected chi connectivity index (χ3v) is 8.38. The fourth-order valence-electron chi connectivity index (χ4n) is 5.49. The second-order valence-corrected chi connectivity index (χ2v) is 11.5. The Hall–Kier alpha value is -3.11. The summed E-state index contributed by atoms with van der Waals surface area (Å²) in [5.41, 5.74) is 1.09. The van der Waals surface area contributed by atoms with Crippen molar-refractivity contribution in [2.24, 2.45) is 0 Å². The minimum Gasteiger partial charge on any atom is -0.395 e. The molecule has 0 aliphatic carbocycles. The Labute approximate surface area is 259 Å². The van der Waals surface area contributed by atoms with Crippen molar-refractivity contribution in [3.05, 3.63) is 0 Å². The van der Waals surface area contributed by atoms with E-state index in [4.69, 9.17) is 34.1 Å². The zero-order valence-electron chi connectivity index (χ0n) is 27.0. The van der Waals surface area contributed by atoms with Gasteiger partial charge >= 0.3 is 0 Å². The largest absolute Gasteiger partial charge is 0.395 e. The quantitative estimate of drug-likeness (QED) is 0.275. The highest BCUT2D eigenvalue weighted by Gasteiger charge is 2.31. The topological polar surface area (TPSA) is 153 Å². The van der Waals surface area contributed by atoms with E-state index < -0.39 is 0 Å². The van der Waals surface area contributed by atoms with E-state index in [1.165, 1.54) is 0 Å². The number of carbonyl (C=O) groups excluding carboxylic acids is 1. The average Bonchev–Trinajstić information content (AvgIpc) is 3.04. The van der Waals surface area contributed by atoms with Crippen molar-refractivity contribution in [2.45, 2.75) is 45.0 Å². The predicted molar refractivity (Wildman–Crippen MR) is 169 cm³/mol. The summed E-state index contributed by atoms with van der Waals surface area (Å²) in [7, 11) is 6.89. The summed E-state index contributed by atoms with van der Waals surface area (Å²) in [5, 5.41) is 19.6. The number of piperidine rings is 1. The zero-order valence-corrected chi connectivity index (χ0v) is 27.0. The number of hydrogen-bond donors (Lipinski definition) is 2. The zero-order chi connectivity index (χ0) is 31.8. The van der Waals surface area contributed by atoms with Gasteiger partial charge in [-0.25, -0.2) is 9.97 Å². The SMILES string of the molecule is COC(C)CN(CC(C)OC)c1nc(N2CCC(OC)CC2)c2nc(N(CCO)CCO)nc(N3CCN(C)C(=O)C3)c2n1. The standard InChI is InChI=1S/C29H49N9O6/c1-20(42-4)17-38(18-21(2)43-5)29-31-25-24(26(32-29)35-9-7-22(44-6)8-10-35)30-28(36(13-15-39)14-16-40)33-27(25)37-12-11-34(3)23(41)19-37/h20-22,39-40H,7-19H2,1-6H3. The lowest BCUT2D eigenvalue weighted by Gasteiger charge is -2.36. The van der Waals surface area contributed by atoms with Crippen LogP contribution in [0.5, 0.6) is 0 Å². The van der Waals surface area contributed by atoms with Crippen LogP contribution < -0.4 is 19.6 Å². The number of likely N-dealkylation sites (N-methyl/N-ethyl adjacent to an activating group) is 1. The number of amides is 1. The number of ether oxygens (including phenoxy) is 3. The van der Waals surface area contributed by atoms with Crippen LogP contribution >= 0.6 is 0 Å². The lowest BCUT2D eigenvalue weighted by atomic mass is 10.1. The van der Waals surface area contributed by atoms with Crippen molar-refractivity contribution >= 4 is 40.5 Å². The second kappa shape index (κ2) is 15.8. The molecule has 0 radical (unpaired) electrons. The van der Waals surface area contributed by atoms with Crippen LogP contribution in [-0.2, 0) is 19.0 Å². The minimum absolute atomic E-state index is 0.0206. The third kappa shape index (κ3) is 7.93. The first-order chi connectivity index (χ1) is 21.2. The van der Waals surface area contributed by atoms with Crippen LogP contribution in [0.4, 0.5) is 23.5 Å². The Morgan fingerprint density at radius 1 is 0.795 bits per heavy atom. The lowest BCUT2D eigenvalue weighted by Crippen LogP contribution is -2.49. The molecule has 44 heavy (non-hydrogen) atoms. The van der Waals surface area contributed by atoms with Gasteiger partial charge in [0, 0.05) is 80.7 Å². The number of fused-ring (bicyclic) bond motifs is 1. The van der Waals surface area contributed by atoms with Gasteiger partial charge in [-0.15, -0.1) is 0 Å². The monoisotopic (exact) mass is 619 g/mol. The molecule has 2 N–H and O–H groups in total.